The van der Waals surface area contributed by atoms with Crippen molar-refractivity contribution < 1.29 is 4.57 Å². The molecule has 68 heavy (non-hydrogen) atoms. The van der Waals surface area contributed by atoms with Gasteiger partial charge in [-0.05, 0) is 100 Å². The Labute approximate surface area is 397 Å². The summed E-state index contributed by atoms with van der Waals surface area (Å²) in [6.07, 6.45) is 0. The Bertz CT molecular complexity index is 3210. The molecule has 0 aromatic heterocycles. The molecule has 9 aliphatic rings. The molecule has 320 valence electrons. The van der Waals surface area contributed by atoms with Crippen LogP contribution in [0.4, 0.5) is 0 Å². The van der Waals surface area contributed by atoms with E-state index in [2.05, 4.69) is 237 Å². The van der Waals surface area contributed by atoms with Crippen LogP contribution in [0.25, 0.3) is 16.7 Å². The fourth-order valence-corrected chi connectivity index (χ4v) is 18.7. The summed E-state index contributed by atoms with van der Waals surface area (Å²) >= 11 is 0. The van der Waals surface area contributed by atoms with E-state index in [1.54, 1.807) is 0 Å². The van der Waals surface area contributed by atoms with Gasteiger partial charge in [0.05, 0.1) is 0 Å². The van der Waals surface area contributed by atoms with Crippen molar-refractivity contribution in [2.24, 2.45) is 0 Å². The van der Waals surface area contributed by atoms with Crippen molar-refractivity contribution in [3.05, 3.63) is 336 Å². The lowest BCUT2D eigenvalue weighted by Crippen LogP contribution is -2.34. The fourth-order valence-electron chi connectivity index (χ4n) is 14.2. The van der Waals surface area contributed by atoms with Gasteiger partial charge in [-0.15, -0.1) is 0 Å². The van der Waals surface area contributed by atoms with Crippen LogP contribution in [0.15, 0.2) is 253 Å². The average Bonchev–Trinajstić information content (AvgIpc) is 3.43. The van der Waals surface area contributed by atoms with Crippen molar-refractivity contribution >= 4 is 23.9 Å². The minimum atomic E-state index is -4.03. The van der Waals surface area contributed by atoms with Gasteiger partial charge in [0.2, 0.25) is 0 Å². The lowest BCUT2D eigenvalue weighted by atomic mass is 9.62. The summed E-state index contributed by atoms with van der Waals surface area (Å²) in [6.45, 7) is 0. The first-order valence-electron chi connectivity index (χ1n) is 24.2. The van der Waals surface area contributed by atoms with Gasteiger partial charge >= 0.3 is 0 Å². The van der Waals surface area contributed by atoms with Crippen LogP contribution in [-0.2, 0) is 4.57 Å². The van der Waals surface area contributed by atoms with Crippen molar-refractivity contribution in [3.8, 4) is 0 Å². The van der Waals surface area contributed by atoms with E-state index in [1.807, 2.05) is 0 Å². The summed E-state index contributed by atoms with van der Waals surface area (Å²) < 4.78 is 20.1. The minimum Gasteiger partial charge on any atom is -0.309 e. The molecule has 0 saturated carbocycles. The molecule has 0 aliphatic heterocycles. The first-order chi connectivity index (χ1) is 33.7. The molecule has 0 saturated heterocycles. The maximum absolute atomic E-state index is 20.1. The third-order valence-electron chi connectivity index (χ3n) is 16.5. The molecule has 0 radical (unpaired) electrons. The molecule has 0 spiro atoms. The van der Waals surface area contributed by atoms with E-state index in [-0.39, 0.29) is 35.5 Å². The number of rotatable bonds is 6. The summed E-state index contributed by atoms with van der Waals surface area (Å²) in [4.78, 5) is 0. The highest BCUT2D eigenvalue weighted by atomic mass is 31.2. The van der Waals surface area contributed by atoms with E-state index < -0.39 is 7.14 Å². The van der Waals surface area contributed by atoms with Crippen LogP contribution in [0.1, 0.15) is 119 Å². The molecular weight excluding hydrogens is 840 g/mol. The Kier molecular flexibility index (Phi) is 8.20. The van der Waals surface area contributed by atoms with E-state index in [0.717, 1.165) is 32.6 Å². The first kappa shape index (κ1) is 38.5. The molecule has 18 rings (SSSR count). The molecule has 0 unspecified atom stereocenters. The topological polar surface area (TPSA) is 17.1 Å². The Hall–Kier alpha value is -7.57. The van der Waals surface area contributed by atoms with Crippen LogP contribution in [0, 0.1) is 0 Å². The molecule has 9 aliphatic carbocycles. The Balaban J connectivity index is 1.20. The van der Waals surface area contributed by atoms with E-state index >= 15 is 4.57 Å². The van der Waals surface area contributed by atoms with Crippen LogP contribution >= 0.6 is 7.14 Å². The molecular formula is C66H45OP. The van der Waals surface area contributed by atoms with Gasteiger partial charge in [-0.25, -0.2) is 0 Å². The predicted octanol–water partition coefficient (Wildman–Crippen LogP) is 16.5. The van der Waals surface area contributed by atoms with Crippen LogP contribution in [0.2, 0.25) is 0 Å². The number of allylic oxidation sites excluding steroid dienone is 6. The van der Waals surface area contributed by atoms with Gasteiger partial charge in [-0.1, -0.05) is 237 Å². The van der Waals surface area contributed by atoms with Gasteiger partial charge < -0.3 is 4.57 Å². The highest BCUT2D eigenvalue weighted by Gasteiger charge is 2.60. The Morgan fingerprint density at radius 1 is 0.206 bits per heavy atom. The second-order valence-electron chi connectivity index (χ2n) is 19.5. The summed E-state index contributed by atoms with van der Waals surface area (Å²) in [7, 11) is -4.03. The third-order valence-corrected chi connectivity index (χ3v) is 20.0. The van der Waals surface area contributed by atoms with Crippen LogP contribution < -0.4 is 0 Å². The summed E-state index contributed by atoms with van der Waals surface area (Å²) in [5.74, 6) is -1.08. The van der Waals surface area contributed by atoms with E-state index in [1.165, 1.54) is 83.5 Å². The van der Waals surface area contributed by atoms with Gasteiger partial charge in [0.25, 0.3) is 0 Å². The number of benzene rings is 9. The van der Waals surface area contributed by atoms with Gasteiger partial charge in [-0.2, -0.15) is 0 Å². The van der Waals surface area contributed by atoms with Crippen LogP contribution in [-0.4, -0.2) is 0 Å². The molecule has 6 bridgehead atoms. The monoisotopic (exact) mass is 884 g/mol. The quantitative estimate of drug-likeness (QED) is 0.152. The fraction of sp³-hybridized carbons (Fsp3) is 0.0909. The highest BCUT2D eigenvalue weighted by molar-refractivity contribution is 7.77. The lowest BCUT2D eigenvalue weighted by molar-refractivity contribution is 0.578. The maximum atomic E-state index is 20.1. The lowest BCUT2D eigenvalue weighted by Gasteiger charge is -2.54. The zero-order valence-corrected chi connectivity index (χ0v) is 38.2. The zero-order chi connectivity index (χ0) is 44.7. The maximum Gasteiger partial charge on any atom is 0.163 e. The Morgan fingerprint density at radius 2 is 0.368 bits per heavy atom. The van der Waals surface area contributed by atoms with Crippen molar-refractivity contribution in [3.63, 3.8) is 0 Å². The zero-order valence-electron chi connectivity index (χ0n) is 37.3. The molecule has 9 aromatic rings. The molecule has 2 heteroatoms. The standard InChI is InChI=1S/C66H45OP/c67-68(64-55(40-22-4-1-5-23-40)58-43-28-10-16-34-49(43)61(64)50-35-17-11-29-44(50)58,65-56(41-24-6-2-7-25-41)59-45-30-12-18-36-51(45)62(65)52-37-19-13-31-46(52)59)66-57(42-26-8-3-9-27-42)60-47-32-14-20-38-53(47)63(66)54-39-21-15-33-48(54)60/h1-39,58-63H. The average molecular weight is 885 g/mol. The van der Waals surface area contributed by atoms with Crippen molar-refractivity contribution in [1.29, 1.82) is 0 Å². The van der Waals surface area contributed by atoms with Gasteiger partial charge in [0, 0.05) is 51.5 Å². The van der Waals surface area contributed by atoms with Crippen LogP contribution in [0.3, 0.4) is 0 Å². The van der Waals surface area contributed by atoms with Crippen molar-refractivity contribution in [2.45, 2.75) is 35.5 Å². The molecule has 0 amide bonds. The third kappa shape index (κ3) is 4.99. The van der Waals surface area contributed by atoms with Crippen molar-refractivity contribution in [1.82, 2.24) is 0 Å². The van der Waals surface area contributed by atoms with E-state index in [0.29, 0.717) is 0 Å². The molecule has 0 atom stereocenters. The summed E-state index contributed by atoms with van der Waals surface area (Å²) in [5.41, 5.74) is 22.7. The van der Waals surface area contributed by atoms with E-state index in [9.17, 15) is 0 Å². The van der Waals surface area contributed by atoms with Crippen LogP contribution in [0.5, 0.6) is 0 Å². The summed E-state index contributed by atoms with van der Waals surface area (Å²) in [5, 5.41) is 3.30. The molecule has 0 fully saturated rings. The van der Waals surface area contributed by atoms with Gasteiger partial charge in [-0.3, -0.25) is 0 Å². The predicted molar refractivity (Wildman–Crippen MR) is 277 cm³/mol. The first-order valence-corrected chi connectivity index (χ1v) is 26.0. The van der Waals surface area contributed by atoms with Crippen molar-refractivity contribution in [2.75, 3.05) is 0 Å². The minimum absolute atomic E-state index is 0.111. The second kappa shape index (κ2) is 14.5. The normalized spacial score (nSPS) is 22.7. The molecule has 0 heterocycles. The van der Waals surface area contributed by atoms with E-state index in [4.69, 9.17) is 0 Å². The number of hydrogen-bond acceptors (Lipinski definition) is 1. The second-order valence-corrected chi connectivity index (χ2v) is 22.1. The Morgan fingerprint density at radius 3 is 0.559 bits per heavy atom. The van der Waals surface area contributed by atoms with Gasteiger partial charge in [0.15, 0.2) is 7.14 Å². The largest absolute Gasteiger partial charge is 0.309 e. The number of hydrogen-bond donors (Lipinski definition) is 0. The molecule has 0 N–H and O–H groups in total. The molecule has 1 nitrogen and oxygen atoms in total. The SMILES string of the molecule is O=P(C1=C(c2ccccc2)C2c3ccccc3C1c1ccccc12)(C1=C(c2ccccc2)C2c3ccccc3C1c1ccccc12)C1=C(c2ccccc2)C2c3ccccc3C1c1ccccc12. The van der Waals surface area contributed by atoms with Gasteiger partial charge in [0.1, 0.15) is 0 Å². The smallest absolute Gasteiger partial charge is 0.163 e. The summed E-state index contributed by atoms with van der Waals surface area (Å²) in [6, 6.07) is 87.9. The molecule has 9 aromatic carbocycles. The highest BCUT2D eigenvalue weighted by Crippen LogP contribution is 2.86.